The van der Waals surface area contributed by atoms with Gasteiger partial charge in [0.15, 0.2) is 11.6 Å². The lowest BCUT2D eigenvalue weighted by Crippen LogP contribution is -2.45. The molecule has 0 amide bonds. The third-order valence-electron chi connectivity index (χ3n) is 4.35. The van der Waals surface area contributed by atoms with Crippen molar-refractivity contribution in [2.75, 3.05) is 42.8 Å². The van der Waals surface area contributed by atoms with E-state index in [1.165, 1.54) is 11.3 Å². The minimum absolute atomic E-state index is 0.261. The van der Waals surface area contributed by atoms with E-state index in [1.807, 2.05) is 24.3 Å². The second kappa shape index (κ2) is 6.82. The van der Waals surface area contributed by atoms with Gasteiger partial charge in [0.2, 0.25) is 0 Å². The summed E-state index contributed by atoms with van der Waals surface area (Å²) >= 11 is 1.18. The summed E-state index contributed by atoms with van der Waals surface area (Å²) in [7, 11) is -1.61. The highest BCUT2D eigenvalue weighted by Crippen LogP contribution is 2.28. The molecule has 26 heavy (non-hydrogen) atoms. The van der Waals surface area contributed by atoms with Crippen LogP contribution < -0.4 is 9.62 Å². The van der Waals surface area contributed by atoms with Crippen molar-refractivity contribution in [3.8, 4) is 0 Å². The Balaban J connectivity index is 1.77. The maximum atomic E-state index is 12.7. The van der Waals surface area contributed by atoms with Crippen molar-refractivity contribution in [3.05, 3.63) is 41.8 Å². The summed E-state index contributed by atoms with van der Waals surface area (Å²) in [4.78, 5) is 13.6. The number of anilines is 2. The molecule has 0 saturated carbocycles. The third-order valence-corrected chi connectivity index (χ3v) is 7.08. The van der Waals surface area contributed by atoms with Crippen LogP contribution in [0, 0.1) is 0 Å². The largest absolute Gasteiger partial charge is 0.351 e. The first kappa shape index (κ1) is 17.2. The van der Waals surface area contributed by atoms with Crippen LogP contribution in [0.2, 0.25) is 0 Å². The first-order chi connectivity index (χ1) is 12.5. The first-order valence-electron chi connectivity index (χ1n) is 8.29. The summed E-state index contributed by atoms with van der Waals surface area (Å²) in [6.45, 7) is 3.34. The van der Waals surface area contributed by atoms with Gasteiger partial charge in [-0.15, -0.1) is 11.3 Å². The van der Waals surface area contributed by atoms with E-state index in [0.29, 0.717) is 11.3 Å². The Morgan fingerprint density at radius 3 is 2.35 bits per heavy atom. The number of aromatic nitrogens is 2. The van der Waals surface area contributed by atoms with E-state index in [1.54, 1.807) is 17.5 Å². The number of para-hydroxylation sites is 2. The molecule has 9 heteroatoms. The normalized spacial score (nSPS) is 16.1. The summed E-state index contributed by atoms with van der Waals surface area (Å²) < 4.78 is 28.3. The number of piperazine rings is 1. The summed E-state index contributed by atoms with van der Waals surface area (Å²) in [5.41, 5.74) is 1.41. The molecule has 2 aromatic heterocycles. The minimum Gasteiger partial charge on any atom is -0.351 e. The van der Waals surface area contributed by atoms with Gasteiger partial charge in [0, 0.05) is 26.2 Å². The minimum atomic E-state index is -3.68. The third kappa shape index (κ3) is 3.37. The van der Waals surface area contributed by atoms with Gasteiger partial charge in [-0.2, -0.15) is 0 Å². The second-order valence-electron chi connectivity index (χ2n) is 6.21. The van der Waals surface area contributed by atoms with E-state index >= 15 is 0 Å². The van der Waals surface area contributed by atoms with E-state index in [-0.39, 0.29) is 10.0 Å². The smallest absolute Gasteiger partial charge is 0.272 e. The van der Waals surface area contributed by atoms with E-state index in [4.69, 9.17) is 4.98 Å². The maximum absolute atomic E-state index is 12.7. The van der Waals surface area contributed by atoms with Gasteiger partial charge in [0.1, 0.15) is 4.21 Å². The molecule has 0 radical (unpaired) electrons. The number of rotatable bonds is 4. The Kier molecular flexibility index (Phi) is 4.51. The van der Waals surface area contributed by atoms with Crippen LogP contribution in [-0.2, 0) is 10.0 Å². The molecule has 7 nitrogen and oxygen atoms in total. The molecule has 1 N–H and O–H groups in total. The van der Waals surface area contributed by atoms with Gasteiger partial charge in [0.25, 0.3) is 10.0 Å². The molecule has 1 aliphatic rings. The maximum Gasteiger partial charge on any atom is 0.272 e. The Hall–Kier alpha value is -2.23. The number of likely N-dealkylation sites (N-methyl/N-ethyl adjacent to an activating group) is 1. The fourth-order valence-electron chi connectivity index (χ4n) is 2.89. The van der Waals surface area contributed by atoms with Crippen LogP contribution in [0.15, 0.2) is 46.0 Å². The molecule has 3 heterocycles. The number of sulfonamides is 1. The van der Waals surface area contributed by atoms with Gasteiger partial charge in [-0.25, -0.2) is 18.4 Å². The van der Waals surface area contributed by atoms with Crippen LogP contribution in [0.5, 0.6) is 0 Å². The quantitative estimate of drug-likeness (QED) is 0.737. The van der Waals surface area contributed by atoms with Crippen LogP contribution >= 0.6 is 11.3 Å². The Morgan fingerprint density at radius 1 is 1.00 bits per heavy atom. The highest BCUT2D eigenvalue weighted by atomic mass is 32.2. The first-order valence-corrected chi connectivity index (χ1v) is 10.7. The fourth-order valence-corrected chi connectivity index (χ4v) is 4.89. The van der Waals surface area contributed by atoms with Crippen molar-refractivity contribution in [2.24, 2.45) is 0 Å². The monoisotopic (exact) mass is 389 g/mol. The van der Waals surface area contributed by atoms with Gasteiger partial charge >= 0.3 is 0 Å². The van der Waals surface area contributed by atoms with E-state index in [9.17, 15) is 8.42 Å². The summed E-state index contributed by atoms with van der Waals surface area (Å²) in [6, 6.07) is 10.8. The van der Waals surface area contributed by atoms with Crippen molar-refractivity contribution in [1.29, 1.82) is 0 Å². The van der Waals surface area contributed by atoms with E-state index in [2.05, 4.69) is 26.6 Å². The van der Waals surface area contributed by atoms with Gasteiger partial charge in [-0.3, -0.25) is 4.72 Å². The zero-order chi connectivity index (χ0) is 18.1. The Morgan fingerprint density at radius 2 is 1.69 bits per heavy atom. The lowest BCUT2D eigenvalue weighted by Gasteiger charge is -2.33. The van der Waals surface area contributed by atoms with Crippen molar-refractivity contribution in [2.45, 2.75) is 4.21 Å². The fraction of sp³-hybridized carbons (Fsp3) is 0.294. The molecule has 0 unspecified atom stereocenters. The standard InChI is InChI=1S/C17H19N5O2S2/c1-21-8-10-22(11-9-21)17-16(18-13-5-2-3-6-14(13)19-17)20-26(23,24)15-7-4-12-25-15/h2-7,12H,8-11H2,1H3,(H,18,20). The highest BCUT2D eigenvalue weighted by Gasteiger charge is 2.24. The van der Waals surface area contributed by atoms with Crippen LogP contribution in [0.25, 0.3) is 11.0 Å². The molecule has 0 bridgehead atoms. The SMILES string of the molecule is CN1CCN(c2nc3ccccc3nc2NS(=O)(=O)c2cccs2)CC1. The molecule has 0 spiro atoms. The Bertz CT molecular complexity index is 1010. The molecule has 1 fully saturated rings. The predicted octanol–water partition coefficient (Wildman–Crippen LogP) is 2.24. The zero-order valence-electron chi connectivity index (χ0n) is 14.3. The number of hydrogen-bond acceptors (Lipinski definition) is 7. The van der Waals surface area contributed by atoms with Gasteiger partial charge in [-0.1, -0.05) is 18.2 Å². The molecular formula is C17H19N5O2S2. The average molecular weight is 390 g/mol. The predicted molar refractivity (Wildman–Crippen MR) is 104 cm³/mol. The molecule has 0 atom stereocenters. The summed E-state index contributed by atoms with van der Waals surface area (Å²) in [5, 5.41) is 1.74. The topological polar surface area (TPSA) is 78.4 Å². The molecule has 1 aromatic carbocycles. The average Bonchev–Trinajstić information content (AvgIpc) is 3.17. The van der Waals surface area contributed by atoms with Crippen LogP contribution in [0.1, 0.15) is 0 Å². The zero-order valence-corrected chi connectivity index (χ0v) is 15.9. The molecule has 3 aromatic rings. The number of benzene rings is 1. The van der Waals surface area contributed by atoms with Gasteiger partial charge in [0.05, 0.1) is 11.0 Å². The van der Waals surface area contributed by atoms with Crippen molar-refractivity contribution < 1.29 is 8.42 Å². The van der Waals surface area contributed by atoms with E-state index in [0.717, 1.165) is 31.7 Å². The van der Waals surface area contributed by atoms with Gasteiger partial charge < -0.3 is 9.80 Å². The lowest BCUT2D eigenvalue weighted by molar-refractivity contribution is 0.312. The molecule has 1 aliphatic heterocycles. The molecule has 0 aliphatic carbocycles. The number of nitrogens with zero attached hydrogens (tertiary/aromatic N) is 4. The van der Waals surface area contributed by atoms with Crippen molar-refractivity contribution in [1.82, 2.24) is 14.9 Å². The van der Waals surface area contributed by atoms with Crippen LogP contribution in [0.3, 0.4) is 0 Å². The molecule has 1 saturated heterocycles. The highest BCUT2D eigenvalue weighted by molar-refractivity contribution is 7.94. The number of fused-ring (bicyclic) bond motifs is 1. The Labute approximate surface area is 156 Å². The van der Waals surface area contributed by atoms with Crippen LogP contribution in [-0.4, -0.2) is 56.5 Å². The number of hydrogen-bond donors (Lipinski definition) is 1. The molecule has 4 rings (SSSR count). The summed E-state index contributed by atoms with van der Waals surface area (Å²) in [5.74, 6) is 0.860. The van der Waals surface area contributed by atoms with Crippen LogP contribution in [0.4, 0.5) is 11.6 Å². The molecule has 136 valence electrons. The number of thiophene rings is 1. The lowest BCUT2D eigenvalue weighted by atomic mass is 10.3. The van der Waals surface area contributed by atoms with Crippen molar-refractivity contribution >= 4 is 44.0 Å². The van der Waals surface area contributed by atoms with Crippen molar-refractivity contribution in [3.63, 3.8) is 0 Å². The molecular weight excluding hydrogens is 370 g/mol. The summed E-state index contributed by atoms with van der Waals surface area (Å²) in [6.07, 6.45) is 0. The van der Waals surface area contributed by atoms with E-state index < -0.39 is 10.0 Å². The van der Waals surface area contributed by atoms with Gasteiger partial charge in [-0.05, 0) is 30.6 Å². The number of nitrogens with one attached hydrogen (secondary N) is 1. The second-order valence-corrected chi connectivity index (χ2v) is 9.07.